The highest BCUT2D eigenvalue weighted by Crippen LogP contribution is 2.17. The zero-order valence-corrected chi connectivity index (χ0v) is 7.20. The molecule has 1 saturated heterocycles. The first-order valence-electron chi connectivity index (χ1n) is 4.06. The van der Waals surface area contributed by atoms with Crippen molar-refractivity contribution >= 4 is 0 Å². The molecule has 0 aromatic heterocycles. The van der Waals surface area contributed by atoms with Gasteiger partial charge in [0, 0.05) is 6.54 Å². The van der Waals surface area contributed by atoms with Gasteiger partial charge in [-0.05, 0) is 32.7 Å². The Hall–Kier alpha value is -0.300. The molecule has 1 aliphatic rings. The summed E-state index contributed by atoms with van der Waals surface area (Å²) in [5.74, 6) is 0.832. The first kappa shape index (κ1) is 7.80. The van der Waals surface area contributed by atoms with Crippen LogP contribution in [-0.4, -0.2) is 13.1 Å². The minimum Gasteiger partial charge on any atom is -0.313 e. The van der Waals surface area contributed by atoms with Gasteiger partial charge >= 0.3 is 0 Å². The fourth-order valence-electron chi connectivity index (χ4n) is 1.42. The molecule has 0 aromatic rings. The summed E-state index contributed by atoms with van der Waals surface area (Å²) in [6, 6.07) is 0. The molecule has 0 unspecified atom stereocenters. The summed E-state index contributed by atoms with van der Waals surface area (Å²) in [4.78, 5) is 0. The van der Waals surface area contributed by atoms with Crippen LogP contribution in [0.5, 0.6) is 0 Å². The lowest BCUT2D eigenvalue weighted by molar-refractivity contribution is 0.468. The van der Waals surface area contributed by atoms with Gasteiger partial charge in [-0.3, -0.25) is 0 Å². The van der Waals surface area contributed by atoms with Gasteiger partial charge in [0.25, 0.3) is 0 Å². The first-order valence-corrected chi connectivity index (χ1v) is 4.06. The minimum absolute atomic E-state index is 0.832. The van der Waals surface area contributed by atoms with Crippen molar-refractivity contribution in [2.75, 3.05) is 13.1 Å². The Bertz CT molecular complexity index is 143. The van der Waals surface area contributed by atoms with Gasteiger partial charge in [-0.25, -0.2) is 0 Å². The normalized spacial score (nSPS) is 26.7. The summed E-state index contributed by atoms with van der Waals surface area (Å²) in [5.41, 5.74) is 3.11. The Balaban J connectivity index is 2.55. The molecule has 1 heterocycles. The number of allylic oxidation sites excluding steroid dienone is 1. The molecule has 1 aliphatic heterocycles. The number of nitrogens with one attached hydrogen (secondary N) is 1. The largest absolute Gasteiger partial charge is 0.313 e. The summed E-state index contributed by atoms with van der Waals surface area (Å²) < 4.78 is 0. The summed E-state index contributed by atoms with van der Waals surface area (Å²) in [5, 5.41) is 3.41. The zero-order chi connectivity index (χ0) is 7.56. The Morgan fingerprint density at radius 2 is 2.20 bits per heavy atom. The van der Waals surface area contributed by atoms with Crippen molar-refractivity contribution in [3.8, 4) is 0 Å². The van der Waals surface area contributed by atoms with E-state index < -0.39 is 0 Å². The Kier molecular flexibility index (Phi) is 2.50. The summed E-state index contributed by atoms with van der Waals surface area (Å²) in [6.07, 6.45) is 1.30. The van der Waals surface area contributed by atoms with E-state index in [0.29, 0.717) is 0 Å². The Labute approximate surface area is 63.5 Å². The fourth-order valence-corrected chi connectivity index (χ4v) is 1.42. The molecular weight excluding hydrogens is 122 g/mol. The maximum absolute atomic E-state index is 3.41. The average molecular weight is 139 g/mol. The quantitative estimate of drug-likeness (QED) is 0.506. The molecule has 0 saturated carbocycles. The summed E-state index contributed by atoms with van der Waals surface area (Å²) in [7, 11) is 0. The van der Waals surface area contributed by atoms with E-state index in [1.807, 2.05) is 0 Å². The van der Waals surface area contributed by atoms with E-state index in [1.54, 1.807) is 5.57 Å². The lowest BCUT2D eigenvalue weighted by Gasteiger charge is -2.23. The molecule has 0 aromatic carbocycles. The molecule has 58 valence electrons. The van der Waals surface area contributed by atoms with Crippen molar-refractivity contribution in [3.05, 3.63) is 11.1 Å². The highest BCUT2D eigenvalue weighted by molar-refractivity contribution is 5.14. The van der Waals surface area contributed by atoms with Crippen LogP contribution >= 0.6 is 0 Å². The van der Waals surface area contributed by atoms with Gasteiger partial charge in [0.15, 0.2) is 0 Å². The van der Waals surface area contributed by atoms with E-state index in [0.717, 1.165) is 12.5 Å². The minimum atomic E-state index is 0.832. The van der Waals surface area contributed by atoms with E-state index in [-0.39, 0.29) is 0 Å². The molecule has 0 spiro atoms. The van der Waals surface area contributed by atoms with Crippen molar-refractivity contribution < 1.29 is 0 Å². The van der Waals surface area contributed by atoms with Crippen molar-refractivity contribution in [2.45, 2.75) is 27.2 Å². The van der Waals surface area contributed by atoms with Crippen LogP contribution < -0.4 is 5.32 Å². The second kappa shape index (κ2) is 3.20. The zero-order valence-electron chi connectivity index (χ0n) is 7.20. The number of hydrogen-bond acceptors (Lipinski definition) is 1. The third-order valence-corrected chi connectivity index (χ3v) is 2.13. The molecule has 0 aliphatic carbocycles. The molecule has 1 rings (SSSR count). The van der Waals surface area contributed by atoms with E-state index in [2.05, 4.69) is 26.1 Å². The van der Waals surface area contributed by atoms with Crippen LogP contribution in [0.2, 0.25) is 0 Å². The highest BCUT2D eigenvalue weighted by Gasteiger charge is 2.11. The predicted molar refractivity (Wildman–Crippen MR) is 45.0 cm³/mol. The maximum Gasteiger partial charge on any atom is 0.0167 e. The fraction of sp³-hybridized carbons (Fsp3) is 0.778. The molecule has 0 bridgehead atoms. The van der Waals surface area contributed by atoms with Crippen molar-refractivity contribution in [3.63, 3.8) is 0 Å². The van der Waals surface area contributed by atoms with Gasteiger partial charge in [0.2, 0.25) is 0 Å². The van der Waals surface area contributed by atoms with Gasteiger partial charge in [-0.15, -0.1) is 0 Å². The average Bonchev–Trinajstić information content (AvgIpc) is 1.88. The standard InChI is InChI=1S/C9H17N/c1-7(2)9-4-8(3)5-10-6-9/h8,10H,4-6H2,1-3H3/t8-/m0/s1. The third kappa shape index (κ3) is 1.84. The third-order valence-electron chi connectivity index (χ3n) is 2.13. The number of piperidine rings is 1. The molecule has 1 atom stereocenters. The van der Waals surface area contributed by atoms with Gasteiger partial charge in [0.1, 0.15) is 0 Å². The highest BCUT2D eigenvalue weighted by atomic mass is 14.9. The van der Waals surface area contributed by atoms with Crippen molar-refractivity contribution in [1.82, 2.24) is 5.32 Å². The molecular formula is C9H17N. The Morgan fingerprint density at radius 3 is 2.60 bits per heavy atom. The van der Waals surface area contributed by atoms with Crippen LogP contribution in [0, 0.1) is 5.92 Å². The Morgan fingerprint density at radius 1 is 1.50 bits per heavy atom. The van der Waals surface area contributed by atoms with Crippen LogP contribution in [-0.2, 0) is 0 Å². The van der Waals surface area contributed by atoms with Crippen LogP contribution in [0.15, 0.2) is 11.1 Å². The molecule has 1 nitrogen and oxygen atoms in total. The molecule has 1 N–H and O–H groups in total. The second-order valence-electron chi connectivity index (χ2n) is 3.54. The molecule has 1 heteroatoms. The molecule has 10 heavy (non-hydrogen) atoms. The van der Waals surface area contributed by atoms with Crippen molar-refractivity contribution in [2.24, 2.45) is 5.92 Å². The van der Waals surface area contributed by atoms with Crippen LogP contribution in [0.3, 0.4) is 0 Å². The van der Waals surface area contributed by atoms with Gasteiger partial charge < -0.3 is 5.32 Å². The number of rotatable bonds is 0. The van der Waals surface area contributed by atoms with E-state index in [1.165, 1.54) is 18.5 Å². The number of hydrogen-bond donors (Lipinski definition) is 1. The lowest BCUT2D eigenvalue weighted by atomic mass is 9.94. The topological polar surface area (TPSA) is 12.0 Å². The van der Waals surface area contributed by atoms with Crippen LogP contribution in [0.25, 0.3) is 0 Å². The van der Waals surface area contributed by atoms with E-state index in [4.69, 9.17) is 0 Å². The monoisotopic (exact) mass is 139 g/mol. The molecule has 1 fully saturated rings. The van der Waals surface area contributed by atoms with Gasteiger partial charge in [-0.2, -0.15) is 0 Å². The molecule has 0 radical (unpaired) electrons. The maximum atomic E-state index is 3.41. The van der Waals surface area contributed by atoms with Crippen LogP contribution in [0.1, 0.15) is 27.2 Å². The molecule has 0 amide bonds. The van der Waals surface area contributed by atoms with Crippen LogP contribution in [0.4, 0.5) is 0 Å². The summed E-state index contributed by atoms with van der Waals surface area (Å²) in [6.45, 7) is 9.02. The van der Waals surface area contributed by atoms with E-state index in [9.17, 15) is 0 Å². The predicted octanol–water partition coefficient (Wildman–Crippen LogP) is 1.95. The van der Waals surface area contributed by atoms with E-state index >= 15 is 0 Å². The first-order chi connectivity index (χ1) is 4.70. The lowest BCUT2D eigenvalue weighted by Crippen LogP contribution is -2.30. The smallest absolute Gasteiger partial charge is 0.0167 e. The SMILES string of the molecule is CC(C)=C1CNC[C@@H](C)C1. The van der Waals surface area contributed by atoms with Gasteiger partial charge in [-0.1, -0.05) is 18.1 Å². The van der Waals surface area contributed by atoms with Crippen molar-refractivity contribution in [1.29, 1.82) is 0 Å². The summed E-state index contributed by atoms with van der Waals surface area (Å²) >= 11 is 0. The van der Waals surface area contributed by atoms with Gasteiger partial charge in [0.05, 0.1) is 0 Å². The second-order valence-corrected chi connectivity index (χ2v) is 3.54.